The topological polar surface area (TPSA) is 97.4 Å². The van der Waals surface area contributed by atoms with Crippen molar-refractivity contribution in [2.24, 2.45) is 0 Å². The van der Waals surface area contributed by atoms with E-state index in [0.29, 0.717) is 22.6 Å². The zero-order valence-electron chi connectivity index (χ0n) is 16.3. The van der Waals surface area contributed by atoms with Crippen LogP contribution in [0.2, 0.25) is 0 Å². The second kappa shape index (κ2) is 8.91. The van der Waals surface area contributed by atoms with E-state index in [4.69, 9.17) is 4.74 Å². The van der Waals surface area contributed by atoms with E-state index in [1.807, 2.05) is 0 Å². The number of nitrogens with one attached hydrogen (secondary N) is 2. The van der Waals surface area contributed by atoms with Crippen molar-refractivity contribution in [2.75, 3.05) is 16.6 Å². The second-order valence-corrected chi connectivity index (χ2v) is 7.99. The van der Waals surface area contributed by atoms with E-state index in [1.165, 1.54) is 36.5 Å². The summed E-state index contributed by atoms with van der Waals surface area (Å²) in [5.74, 6) is -0.726. The van der Waals surface area contributed by atoms with Crippen molar-refractivity contribution in [1.82, 2.24) is 4.98 Å². The van der Waals surface area contributed by atoms with Gasteiger partial charge in [-0.05, 0) is 55.8 Å². The first kappa shape index (κ1) is 21.3. The summed E-state index contributed by atoms with van der Waals surface area (Å²) >= 11 is 0. The maximum atomic E-state index is 13.9. The molecule has 2 N–H and O–H groups in total. The molecule has 0 saturated carbocycles. The van der Waals surface area contributed by atoms with Gasteiger partial charge in [0.05, 0.1) is 22.8 Å². The lowest BCUT2D eigenvalue weighted by molar-refractivity contribution is 0.0526. The van der Waals surface area contributed by atoms with Gasteiger partial charge in [-0.15, -0.1) is 0 Å². The van der Waals surface area contributed by atoms with Gasteiger partial charge in [0.1, 0.15) is 11.6 Å². The summed E-state index contributed by atoms with van der Waals surface area (Å²) in [5.41, 5.74) is 1.14. The van der Waals surface area contributed by atoms with Gasteiger partial charge in [0.2, 0.25) is 0 Å². The average molecular weight is 429 g/mol. The minimum Gasteiger partial charge on any atom is -0.462 e. The number of esters is 1. The highest BCUT2D eigenvalue weighted by atomic mass is 32.2. The van der Waals surface area contributed by atoms with Gasteiger partial charge in [0.15, 0.2) is 0 Å². The van der Waals surface area contributed by atoms with Crippen LogP contribution in [0.4, 0.5) is 21.6 Å². The number of hydrogen-bond acceptors (Lipinski definition) is 6. The number of para-hydroxylation sites is 1. The summed E-state index contributed by atoms with van der Waals surface area (Å²) in [6.07, 6.45) is 1.37. The molecule has 2 aromatic carbocycles. The van der Waals surface area contributed by atoms with Crippen molar-refractivity contribution in [2.45, 2.75) is 18.7 Å². The van der Waals surface area contributed by atoms with Gasteiger partial charge in [-0.25, -0.2) is 22.6 Å². The van der Waals surface area contributed by atoms with Crippen LogP contribution in [0.1, 0.15) is 22.8 Å². The number of hydrogen-bond donors (Lipinski definition) is 2. The first-order valence-electron chi connectivity index (χ1n) is 9.08. The molecule has 0 saturated heterocycles. The molecule has 156 valence electrons. The molecule has 7 nitrogen and oxygen atoms in total. The van der Waals surface area contributed by atoms with Gasteiger partial charge in [-0.2, -0.15) is 0 Å². The maximum absolute atomic E-state index is 13.9. The highest BCUT2D eigenvalue weighted by molar-refractivity contribution is 7.92. The predicted molar refractivity (Wildman–Crippen MR) is 112 cm³/mol. The minimum absolute atomic E-state index is 0.00102. The number of rotatable bonds is 7. The number of aryl methyl sites for hydroxylation is 1. The van der Waals surface area contributed by atoms with Crippen LogP contribution in [0.3, 0.4) is 0 Å². The van der Waals surface area contributed by atoms with Crippen LogP contribution in [0.15, 0.2) is 65.7 Å². The molecule has 0 aliphatic carbocycles. The van der Waals surface area contributed by atoms with Gasteiger partial charge in [-0.3, -0.25) is 4.72 Å². The van der Waals surface area contributed by atoms with E-state index in [0.717, 1.165) is 0 Å². The Balaban J connectivity index is 1.83. The molecule has 0 aliphatic heterocycles. The van der Waals surface area contributed by atoms with Crippen LogP contribution in [0.25, 0.3) is 0 Å². The summed E-state index contributed by atoms with van der Waals surface area (Å²) < 4.78 is 46.6. The van der Waals surface area contributed by atoms with Gasteiger partial charge in [0.25, 0.3) is 10.0 Å². The van der Waals surface area contributed by atoms with Gasteiger partial charge in [0, 0.05) is 11.9 Å². The van der Waals surface area contributed by atoms with E-state index in [-0.39, 0.29) is 17.2 Å². The Morgan fingerprint density at radius 3 is 2.57 bits per heavy atom. The lowest BCUT2D eigenvalue weighted by atomic mass is 10.2. The summed E-state index contributed by atoms with van der Waals surface area (Å²) in [6, 6.07) is 13.4. The number of aromatic nitrogens is 1. The molecule has 0 amide bonds. The van der Waals surface area contributed by atoms with E-state index < -0.39 is 21.8 Å². The highest BCUT2D eigenvalue weighted by Gasteiger charge is 2.19. The van der Waals surface area contributed by atoms with Crippen molar-refractivity contribution in [3.05, 3.63) is 77.7 Å². The van der Waals surface area contributed by atoms with Crippen LogP contribution in [0, 0.1) is 12.7 Å². The van der Waals surface area contributed by atoms with Crippen molar-refractivity contribution in [3.8, 4) is 0 Å². The number of ether oxygens (including phenoxy) is 1. The molecule has 3 aromatic rings. The highest BCUT2D eigenvalue weighted by Crippen LogP contribution is 2.25. The maximum Gasteiger partial charge on any atom is 0.339 e. The van der Waals surface area contributed by atoms with Crippen molar-refractivity contribution in [3.63, 3.8) is 0 Å². The lowest BCUT2D eigenvalue weighted by Crippen LogP contribution is -2.15. The number of carbonyl (C=O) groups excluding carboxylic acids is 1. The minimum atomic E-state index is -4.02. The first-order chi connectivity index (χ1) is 14.3. The largest absolute Gasteiger partial charge is 0.462 e. The number of nitrogens with zero attached hydrogens (tertiary/aromatic N) is 1. The fourth-order valence-electron chi connectivity index (χ4n) is 2.66. The monoisotopic (exact) mass is 429 g/mol. The van der Waals surface area contributed by atoms with Crippen LogP contribution < -0.4 is 10.0 Å². The van der Waals surface area contributed by atoms with E-state index in [9.17, 15) is 17.6 Å². The van der Waals surface area contributed by atoms with Crippen molar-refractivity contribution < 1.29 is 22.3 Å². The number of pyridine rings is 1. The van der Waals surface area contributed by atoms with Crippen LogP contribution in [0.5, 0.6) is 0 Å². The normalized spacial score (nSPS) is 11.0. The quantitative estimate of drug-likeness (QED) is 0.545. The molecular weight excluding hydrogens is 409 g/mol. The standard InChI is InChI=1S/C21H20FN3O4S/c1-3-29-21(26)15-9-11-20(23-13-15)24-16-10-8-14(2)19(12-16)30(27,28)25-18-7-5-4-6-17(18)22/h4-13,25H,3H2,1-2H3,(H,23,24). The third-order valence-corrected chi connectivity index (χ3v) is 5.65. The Bertz CT molecular complexity index is 1170. The molecular formula is C21H20FN3O4S. The number of halogens is 1. The molecule has 30 heavy (non-hydrogen) atoms. The Labute approximate surface area is 174 Å². The predicted octanol–water partition coefficient (Wildman–Crippen LogP) is 4.25. The molecule has 0 aliphatic rings. The summed E-state index contributed by atoms with van der Waals surface area (Å²) in [5, 5.41) is 2.99. The fraction of sp³-hybridized carbons (Fsp3) is 0.143. The molecule has 1 aromatic heterocycles. The molecule has 0 atom stereocenters. The Hall–Kier alpha value is -3.46. The summed E-state index contributed by atoms with van der Waals surface area (Å²) in [4.78, 5) is 15.8. The van der Waals surface area contributed by atoms with Crippen LogP contribution in [-0.4, -0.2) is 26.0 Å². The molecule has 0 unspecified atom stereocenters. The Morgan fingerprint density at radius 2 is 1.90 bits per heavy atom. The van der Waals surface area contributed by atoms with Crippen molar-refractivity contribution in [1.29, 1.82) is 0 Å². The summed E-state index contributed by atoms with van der Waals surface area (Å²) in [7, 11) is -4.02. The van der Waals surface area contributed by atoms with Gasteiger partial charge in [-0.1, -0.05) is 18.2 Å². The molecule has 0 spiro atoms. The fourth-order valence-corrected chi connectivity index (χ4v) is 4.00. The first-order valence-corrected chi connectivity index (χ1v) is 10.6. The van der Waals surface area contributed by atoms with Gasteiger partial charge < -0.3 is 10.1 Å². The summed E-state index contributed by atoms with van der Waals surface area (Å²) in [6.45, 7) is 3.62. The van der Waals surface area contributed by atoms with Crippen LogP contribution >= 0.6 is 0 Å². The number of benzene rings is 2. The third kappa shape index (κ3) is 4.93. The van der Waals surface area contributed by atoms with Gasteiger partial charge >= 0.3 is 5.97 Å². The Morgan fingerprint density at radius 1 is 1.13 bits per heavy atom. The third-order valence-electron chi connectivity index (χ3n) is 4.14. The SMILES string of the molecule is CCOC(=O)c1ccc(Nc2ccc(C)c(S(=O)(=O)Nc3ccccc3F)c2)nc1. The average Bonchev–Trinajstić information content (AvgIpc) is 2.71. The van der Waals surface area contributed by atoms with E-state index in [1.54, 1.807) is 38.1 Å². The zero-order valence-corrected chi connectivity index (χ0v) is 17.2. The van der Waals surface area contributed by atoms with E-state index >= 15 is 0 Å². The van der Waals surface area contributed by atoms with Crippen molar-refractivity contribution >= 4 is 33.2 Å². The zero-order chi connectivity index (χ0) is 21.7. The van der Waals surface area contributed by atoms with E-state index in [2.05, 4.69) is 15.0 Å². The molecule has 3 rings (SSSR count). The second-order valence-electron chi connectivity index (χ2n) is 6.34. The smallest absolute Gasteiger partial charge is 0.339 e. The molecule has 0 bridgehead atoms. The lowest BCUT2D eigenvalue weighted by Gasteiger charge is -2.13. The van der Waals surface area contributed by atoms with Crippen LogP contribution in [-0.2, 0) is 14.8 Å². The number of carbonyl (C=O) groups is 1. The molecule has 0 fully saturated rings. The molecule has 9 heteroatoms. The number of anilines is 3. The molecule has 1 heterocycles. The number of sulfonamides is 1. The molecule has 0 radical (unpaired) electrons. The Kier molecular flexibility index (Phi) is 6.31.